The maximum atomic E-state index is 12.4. The quantitative estimate of drug-likeness (QED) is 0.188. The molecule has 0 spiro atoms. The zero-order valence-electron chi connectivity index (χ0n) is 16.0. The normalized spacial score (nSPS) is 19.2. The van der Waals surface area contributed by atoms with Gasteiger partial charge < -0.3 is 9.62 Å². The first-order valence-corrected chi connectivity index (χ1v) is 11.4. The molecule has 1 aliphatic carbocycles. The number of hydrogen-bond acceptors (Lipinski definition) is 4. The zero-order valence-corrected chi connectivity index (χ0v) is 18.3. The third kappa shape index (κ3) is 6.27. The molecule has 3 rings (SSSR count). The summed E-state index contributed by atoms with van der Waals surface area (Å²) >= 11 is 0. The molecular weight excluding hydrogens is 390 g/mol. The minimum atomic E-state index is -0.122. The van der Waals surface area contributed by atoms with Crippen LogP contribution >= 0.6 is 18.5 Å². The number of ether oxygens (including phenoxy) is 1. The number of hydrogen-bond donors (Lipinski definition) is 0. The Hall–Kier alpha value is -1.47. The van der Waals surface area contributed by atoms with Crippen molar-refractivity contribution >= 4 is 24.4 Å². The zero-order chi connectivity index (χ0) is 19.8. The Morgan fingerprint density at radius 2 is 1.39 bits per heavy atom. The van der Waals surface area contributed by atoms with Crippen LogP contribution in [0.15, 0.2) is 48.5 Å². The van der Waals surface area contributed by atoms with Crippen LogP contribution in [0.4, 0.5) is 0 Å². The molecule has 2 atom stereocenters. The molecule has 0 radical (unpaired) electrons. The lowest BCUT2D eigenvalue weighted by atomic mass is 9.82. The topological polar surface area (TPSA) is 44.8 Å². The van der Waals surface area contributed by atoms with E-state index in [9.17, 15) is 4.79 Å². The lowest BCUT2D eigenvalue weighted by Gasteiger charge is -2.26. The van der Waals surface area contributed by atoms with Gasteiger partial charge in [0.05, 0.1) is 12.5 Å². The third-order valence-electron chi connectivity index (χ3n) is 5.18. The van der Waals surface area contributed by atoms with E-state index >= 15 is 0 Å². The van der Waals surface area contributed by atoms with Crippen molar-refractivity contribution in [1.29, 1.82) is 0 Å². The van der Waals surface area contributed by atoms with Crippen molar-refractivity contribution in [2.75, 3.05) is 6.61 Å². The van der Waals surface area contributed by atoms with Crippen molar-refractivity contribution in [2.24, 2.45) is 11.8 Å². The molecule has 1 saturated carbocycles. The molecule has 2 aromatic carbocycles. The highest BCUT2D eigenvalue weighted by Gasteiger charge is 2.28. The molecule has 2 aromatic rings. The number of esters is 1. The average molecular weight is 420 g/mol. The van der Waals surface area contributed by atoms with Crippen molar-refractivity contribution in [1.82, 2.24) is 0 Å². The maximum Gasteiger partial charge on any atom is 0.314 e. The Morgan fingerprint density at radius 1 is 0.857 bits per heavy atom. The molecule has 1 fully saturated rings. The predicted molar refractivity (Wildman–Crippen MR) is 119 cm³/mol. The van der Waals surface area contributed by atoms with Gasteiger partial charge in [-0.1, -0.05) is 24.3 Å². The van der Waals surface area contributed by atoms with Gasteiger partial charge in [-0.3, -0.25) is 4.79 Å². The van der Waals surface area contributed by atoms with E-state index in [2.05, 4.69) is 18.5 Å². The first kappa shape index (κ1) is 21.2. The van der Waals surface area contributed by atoms with E-state index in [4.69, 9.17) is 14.5 Å². The van der Waals surface area contributed by atoms with Gasteiger partial charge in [0.2, 0.25) is 0 Å². The first-order valence-electron chi connectivity index (χ1n) is 9.77. The van der Waals surface area contributed by atoms with Crippen LogP contribution in [-0.4, -0.2) is 12.6 Å². The maximum absolute atomic E-state index is 12.4. The largest absolute Gasteiger partial charge is 0.426 e. The van der Waals surface area contributed by atoms with Crippen LogP contribution in [0, 0.1) is 11.8 Å². The molecule has 2 unspecified atom stereocenters. The summed E-state index contributed by atoms with van der Waals surface area (Å²) in [7, 11) is 5.39. The highest BCUT2D eigenvalue weighted by molar-refractivity contribution is 7.15. The van der Waals surface area contributed by atoms with Crippen LogP contribution in [0.25, 0.3) is 0 Å². The highest BCUT2D eigenvalue weighted by Crippen LogP contribution is 2.30. The number of benzene rings is 2. The first-order chi connectivity index (χ1) is 13.7. The smallest absolute Gasteiger partial charge is 0.314 e. The molecule has 0 heterocycles. The molecule has 0 saturated heterocycles. The SMILES string of the molecule is O=C(Oc1ccc(CP)cc1)C1CCC(COOc2ccc(CP)cc2)CC1.[HH]. The summed E-state index contributed by atoms with van der Waals surface area (Å²) in [6.45, 7) is 0.545. The Bertz CT molecular complexity index is 744. The van der Waals surface area contributed by atoms with E-state index in [0.717, 1.165) is 38.0 Å². The van der Waals surface area contributed by atoms with Crippen LogP contribution in [0.5, 0.6) is 11.5 Å². The van der Waals surface area contributed by atoms with Crippen molar-refractivity contribution in [3.63, 3.8) is 0 Å². The van der Waals surface area contributed by atoms with Gasteiger partial charge in [0.25, 0.3) is 0 Å². The Labute approximate surface area is 173 Å². The lowest BCUT2D eigenvalue weighted by Crippen LogP contribution is -2.27. The molecule has 0 bridgehead atoms. The molecule has 0 N–H and O–H groups in total. The van der Waals surface area contributed by atoms with Crippen LogP contribution < -0.4 is 9.62 Å². The van der Waals surface area contributed by atoms with Crippen LogP contribution in [0.3, 0.4) is 0 Å². The molecular formula is C22H30O4P2. The summed E-state index contributed by atoms with van der Waals surface area (Å²) in [5.41, 5.74) is 2.44. The standard InChI is InChI=1S/C22H28O4P2.H2/c23-22(25-20-9-3-17(14-27)4-10-20)19-7-1-16(2-8-19)13-24-26-21-11-5-18(15-28)6-12-21;/h3-6,9-12,16,19H,1-2,7-8,13-15,27-28H2;1H. The molecule has 1 aliphatic rings. The van der Waals surface area contributed by atoms with Crippen LogP contribution in [0.1, 0.15) is 38.2 Å². The molecule has 0 aliphatic heterocycles. The minimum absolute atomic E-state index is 0. The van der Waals surface area contributed by atoms with E-state index in [0.29, 0.717) is 24.0 Å². The molecule has 152 valence electrons. The average Bonchev–Trinajstić information content (AvgIpc) is 2.75. The fraction of sp³-hybridized carbons (Fsp3) is 0.409. The summed E-state index contributed by atoms with van der Waals surface area (Å²) in [6.07, 6.45) is 5.38. The number of carbonyl (C=O) groups is 1. The van der Waals surface area contributed by atoms with Gasteiger partial charge in [0.1, 0.15) is 5.75 Å². The molecule has 4 nitrogen and oxygen atoms in total. The molecule has 0 aromatic heterocycles. The van der Waals surface area contributed by atoms with Gasteiger partial charge in [0.15, 0.2) is 5.75 Å². The third-order valence-corrected chi connectivity index (χ3v) is 6.12. The van der Waals surface area contributed by atoms with E-state index in [1.807, 2.05) is 48.5 Å². The molecule has 6 heteroatoms. The number of rotatable bonds is 8. The van der Waals surface area contributed by atoms with Crippen molar-refractivity contribution in [2.45, 2.75) is 38.0 Å². The Kier molecular flexibility index (Phi) is 8.27. The van der Waals surface area contributed by atoms with Gasteiger partial charge in [0, 0.05) is 1.43 Å². The van der Waals surface area contributed by atoms with Gasteiger partial charge in [-0.2, -0.15) is 4.89 Å². The monoisotopic (exact) mass is 420 g/mol. The molecule has 28 heavy (non-hydrogen) atoms. The van der Waals surface area contributed by atoms with Crippen LogP contribution in [-0.2, 0) is 22.0 Å². The van der Waals surface area contributed by atoms with Gasteiger partial charge in [-0.15, -0.1) is 18.5 Å². The Balaban J connectivity index is 0.00000300. The predicted octanol–water partition coefficient (Wildman–Crippen LogP) is 5.41. The summed E-state index contributed by atoms with van der Waals surface area (Å²) < 4.78 is 5.54. The summed E-state index contributed by atoms with van der Waals surface area (Å²) in [5.74, 6) is 1.60. The summed E-state index contributed by atoms with van der Waals surface area (Å²) in [5, 5.41) is 0. The second-order valence-electron chi connectivity index (χ2n) is 7.20. The summed E-state index contributed by atoms with van der Waals surface area (Å²) in [6, 6.07) is 15.6. The number of carbonyl (C=O) groups excluding carboxylic acids is 1. The van der Waals surface area contributed by atoms with E-state index < -0.39 is 0 Å². The Morgan fingerprint density at radius 3 is 1.93 bits per heavy atom. The second kappa shape index (κ2) is 10.9. The molecule has 0 amide bonds. The van der Waals surface area contributed by atoms with Crippen LogP contribution in [0.2, 0.25) is 0 Å². The minimum Gasteiger partial charge on any atom is -0.426 e. The van der Waals surface area contributed by atoms with Crippen molar-refractivity contribution < 1.29 is 20.7 Å². The fourth-order valence-electron chi connectivity index (χ4n) is 3.34. The van der Waals surface area contributed by atoms with E-state index in [-0.39, 0.29) is 13.3 Å². The van der Waals surface area contributed by atoms with E-state index in [1.54, 1.807) is 0 Å². The fourth-order valence-corrected chi connectivity index (χ4v) is 3.88. The van der Waals surface area contributed by atoms with E-state index in [1.165, 1.54) is 11.1 Å². The lowest BCUT2D eigenvalue weighted by molar-refractivity contribution is -0.218. The van der Waals surface area contributed by atoms with Crippen molar-refractivity contribution in [3.8, 4) is 11.5 Å². The summed E-state index contributed by atoms with van der Waals surface area (Å²) in [4.78, 5) is 23.2. The van der Waals surface area contributed by atoms with Gasteiger partial charge >= 0.3 is 5.97 Å². The van der Waals surface area contributed by atoms with Crippen molar-refractivity contribution in [3.05, 3.63) is 59.7 Å². The van der Waals surface area contributed by atoms with Gasteiger partial charge in [-0.25, -0.2) is 0 Å². The highest BCUT2D eigenvalue weighted by atomic mass is 31.0. The van der Waals surface area contributed by atoms with Gasteiger partial charge in [-0.05, 0) is 79.3 Å². The second-order valence-corrected chi connectivity index (χ2v) is 8.02.